The summed E-state index contributed by atoms with van der Waals surface area (Å²) in [6.07, 6.45) is 1.06. The number of unbranched alkanes of at least 4 members (excludes halogenated alkanes) is 2. The molecule has 1 aromatic rings. The Bertz CT molecular complexity index is 370. The van der Waals surface area contributed by atoms with Crippen LogP contribution in [0.25, 0.3) is 0 Å². The predicted octanol–water partition coefficient (Wildman–Crippen LogP) is 2.48. The monoisotopic (exact) mass is 250 g/mol. The van der Waals surface area contributed by atoms with Crippen LogP contribution in [0, 0.1) is 6.92 Å². The quantitative estimate of drug-likeness (QED) is 0.577. The number of hydrogen-bond acceptors (Lipinski definition) is 3. The van der Waals surface area contributed by atoms with Gasteiger partial charge in [-0.25, -0.2) is 0 Å². The summed E-state index contributed by atoms with van der Waals surface area (Å²) < 4.78 is 0. The van der Waals surface area contributed by atoms with Crippen molar-refractivity contribution in [2.75, 3.05) is 0 Å². The van der Waals surface area contributed by atoms with Gasteiger partial charge in [-0.2, -0.15) is 0 Å². The van der Waals surface area contributed by atoms with E-state index in [4.69, 9.17) is 0 Å². The van der Waals surface area contributed by atoms with Crippen LogP contribution in [0.15, 0.2) is 24.3 Å². The van der Waals surface area contributed by atoms with Gasteiger partial charge in [0.15, 0.2) is 5.78 Å². The SMILES string of the molecule is CCCCC[C@@H](O)[C@@H](O)C(=O)c1ccc(C)cc1. The number of rotatable bonds is 7. The largest absolute Gasteiger partial charge is 0.390 e. The Hall–Kier alpha value is -1.19. The highest BCUT2D eigenvalue weighted by molar-refractivity contribution is 5.99. The summed E-state index contributed by atoms with van der Waals surface area (Å²) in [6.45, 7) is 4.00. The fourth-order valence-corrected chi connectivity index (χ4v) is 1.82. The maximum Gasteiger partial charge on any atom is 0.193 e. The average molecular weight is 250 g/mol. The molecule has 0 saturated carbocycles. The zero-order valence-electron chi connectivity index (χ0n) is 11.1. The molecule has 18 heavy (non-hydrogen) atoms. The van der Waals surface area contributed by atoms with Crippen LogP contribution in [0.5, 0.6) is 0 Å². The van der Waals surface area contributed by atoms with Gasteiger partial charge in [-0.1, -0.05) is 56.0 Å². The molecule has 0 radical (unpaired) electrons. The number of carbonyl (C=O) groups excluding carboxylic acids is 1. The van der Waals surface area contributed by atoms with E-state index >= 15 is 0 Å². The first-order chi connectivity index (χ1) is 8.56. The molecule has 0 bridgehead atoms. The number of aliphatic hydroxyl groups is 2. The van der Waals surface area contributed by atoms with Crippen molar-refractivity contribution in [1.29, 1.82) is 0 Å². The maximum atomic E-state index is 11.9. The maximum absolute atomic E-state index is 11.9. The number of Topliss-reactive ketones (excluding diaryl/α,β-unsaturated/α-hetero) is 1. The summed E-state index contributed by atoms with van der Waals surface area (Å²) in [5.41, 5.74) is 1.51. The van der Waals surface area contributed by atoms with Gasteiger partial charge in [0.05, 0.1) is 6.10 Å². The Morgan fingerprint density at radius 2 is 1.78 bits per heavy atom. The summed E-state index contributed by atoms with van der Waals surface area (Å²) in [4.78, 5) is 11.9. The number of carbonyl (C=O) groups is 1. The molecular formula is C15H22O3. The molecule has 0 heterocycles. The minimum absolute atomic E-state index is 0.404. The van der Waals surface area contributed by atoms with Crippen LogP contribution in [0.1, 0.15) is 48.5 Å². The fraction of sp³-hybridized carbons (Fsp3) is 0.533. The molecule has 0 aromatic heterocycles. The van der Waals surface area contributed by atoms with Gasteiger partial charge in [0.2, 0.25) is 0 Å². The first kappa shape index (κ1) is 14.9. The van der Waals surface area contributed by atoms with Crippen LogP contribution in [0.2, 0.25) is 0 Å². The first-order valence-electron chi connectivity index (χ1n) is 6.53. The van der Waals surface area contributed by atoms with E-state index in [-0.39, 0.29) is 0 Å². The molecule has 3 heteroatoms. The Labute approximate surface area is 108 Å². The van der Waals surface area contributed by atoms with Crippen LogP contribution < -0.4 is 0 Å². The van der Waals surface area contributed by atoms with Gasteiger partial charge in [-0.15, -0.1) is 0 Å². The van der Waals surface area contributed by atoms with E-state index in [1.807, 2.05) is 19.1 Å². The molecule has 0 aliphatic rings. The molecular weight excluding hydrogens is 228 g/mol. The molecule has 3 nitrogen and oxygen atoms in total. The van der Waals surface area contributed by atoms with Crippen molar-refractivity contribution in [3.8, 4) is 0 Å². The Morgan fingerprint density at radius 1 is 1.17 bits per heavy atom. The van der Waals surface area contributed by atoms with Crippen molar-refractivity contribution < 1.29 is 15.0 Å². The predicted molar refractivity (Wildman–Crippen MR) is 71.7 cm³/mol. The number of benzene rings is 1. The standard InChI is InChI=1S/C15H22O3/c1-3-4-5-6-13(16)15(18)14(17)12-9-7-11(2)8-10-12/h7-10,13,15-16,18H,3-6H2,1-2H3/t13-,15-/m1/s1. The molecule has 1 rings (SSSR count). The molecule has 100 valence electrons. The number of hydrogen-bond donors (Lipinski definition) is 2. The average Bonchev–Trinajstić information content (AvgIpc) is 2.38. The third kappa shape index (κ3) is 4.24. The first-order valence-corrected chi connectivity index (χ1v) is 6.53. The molecule has 0 amide bonds. The zero-order chi connectivity index (χ0) is 13.5. The lowest BCUT2D eigenvalue weighted by atomic mass is 9.98. The van der Waals surface area contributed by atoms with Crippen molar-refractivity contribution in [2.24, 2.45) is 0 Å². The Morgan fingerprint density at radius 3 is 2.33 bits per heavy atom. The highest BCUT2D eigenvalue weighted by Crippen LogP contribution is 2.12. The summed E-state index contributed by atoms with van der Waals surface area (Å²) >= 11 is 0. The molecule has 0 saturated heterocycles. The van der Waals surface area contributed by atoms with E-state index in [1.165, 1.54) is 0 Å². The minimum Gasteiger partial charge on any atom is -0.390 e. The summed E-state index contributed by atoms with van der Waals surface area (Å²) in [5.74, 6) is -0.404. The van der Waals surface area contributed by atoms with Gasteiger partial charge in [0, 0.05) is 5.56 Å². The van der Waals surface area contributed by atoms with Gasteiger partial charge >= 0.3 is 0 Å². The second-order valence-corrected chi connectivity index (χ2v) is 4.74. The van der Waals surface area contributed by atoms with Gasteiger partial charge < -0.3 is 10.2 Å². The molecule has 0 fully saturated rings. The van der Waals surface area contributed by atoms with Crippen LogP contribution in [-0.2, 0) is 0 Å². The normalized spacial score (nSPS) is 14.2. The van der Waals surface area contributed by atoms with E-state index in [0.717, 1.165) is 24.8 Å². The van der Waals surface area contributed by atoms with Crippen molar-refractivity contribution in [2.45, 2.75) is 51.7 Å². The molecule has 0 aliphatic carbocycles. The lowest BCUT2D eigenvalue weighted by Crippen LogP contribution is -2.33. The lowest BCUT2D eigenvalue weighted by molar-refractivity contribution is 0.0168. The van der Waals surface area contributed by atoms with Crippen LogP contribution in [-0.4, -0.2) is 28.2 Å². The van der Waals surface area contributed by atoms with Crippen molar-refractivity contribution in [1.82, 2.24) is 0 Å². The number of ketones is 1. The molecule has 2 atom stereocenters. The van der Waals surface area contributed by atoms with E-state index in [1.54, 1.807) is 12.1 Å². The molecule has 0 unspecified atom stereocenters. The Balaban J connectivity index is 2.57. The summed E-state index contributed by atoms with van der Waals surface area (Å²) in [7, 11) is 0. The van der Waals surface area contributed by atoms with Gasteiger partial charge in [0.1, 0.15) is 6.10 Å². The van der Waals surface area contributed by atoms with E-state index < -0.39 is 18.0 Å². The third-order valence-electron chi connectivity index (χ3n) is 3.07. The number of aryl methyl sites for hydroxylation is 1. The summed E-state index contributed by atoms with van der Waals surface area (Å²) in [6, 6.07) is 7.01. The summed E-state index contributed by atoms with van der Waals surface area (Å²) in [5, 5.41) is 19.6. The second-order valence-electron chi connectivity index (χ2n) is 4.74. The van der Waals surface area contributed by atoms with Crippen LogP contribution in [0.3, 0.4) is 0 Å². The Kier molecular flexibility index (Phi) is 6.02. The van der Waals surface area contributed by atoms with E-state index in [9.17, 15) is 15.0 Å². The number of aliphatic hydroxyl groups excluding tert-OH is 2. The van der Waals surface area contributed by atoms with Crippen LogP contribution in [0.4, 0.5) is 0 Å². The zero-order valence-corrected chi connectivity index (χ0v) is 11.1. The van der Waals surface area contributed by atoms with Crippen LogP contribution >= 0.6 is 0 Å². The lowest BCUT2D eigenvalue weighted by Gasteiger charge is -2.16. The highest BCUT2D eigenvalue weighted by atomic mass is 16.3. The van der Waals surface area contributed by atoms with Gasteiger partial charge in [-0.05, 0) is 13.3 Å². The molecule has 1 aromatic carbocycles. The second kappa shape index (κ2) is 7.29. The smallest absolute Gasteiger partial charge is 0.193 e. The minimum atomic E-state index is -1.32. The molecule has 0 spiro atoms. The third-order valence-corrected chi connectivity index (χ3v) is 3.07. The van der Waals surface area contributed by atoms with E-state index in [2.05, 4.69) is 6.92 Å². The molecule has 0 aliphatic heterocycles. The van der Waals surface area contributed by atoms with Crippen molar-refractivity contribution in [3.63, 3.8) is 0 Å². The van der Waals surface area contributed by atoms with Gasteiger partial charge in [0.25, 0.3) is 0 Å². The van der Waals surface area contributed by atoms with E-state index in [0.29, 0.717) is 12.0 Å². The molecule has 2 N–H and O–H groups in total. The fourth-order valence-electron chi connectivity index (χ4n) is 1.82. The van der Waals surface area contributed by atoms with Crippen molar-refractivity contribution >= 4 is 5.78 Å². The highest BCUT2D eigenvalue weighted by Gasteiger charge is 2.24. The van der Waals surface area contributed by atoms with Gasteiger partial charge in [-0.3, -0.25) is 4.79 Å². The topological polar surface area (TPSA) is 57.5 Å². The van der Waals surface area contributed by atoms with Crippen molar-refractivity contribution in [3.05, 3.63) is 35.4 Å².